The van der Waals surface area contributed by atoms with E-state index < -0.39 is 0 Å². The second-order valence-corrected chi connectivity index (χ2v) is 13.9. The van der Waals surface area contributed by atoms with Gasteiger partial charge in [0, 0.05) is 12.5 Å². The second-order valence-electron chi connectivity index (χ2n) is 13.9. The lowest BCUT2D eigenvalue weighted by molar-refractivity contribution is -0.127. The van der Waals surface area contributed by atoms with Crippen molar-refractivity contribution in [3.63, 3.8) is 0 Å². The molecule has 4 nitrogen and oxygen atoms in total. The summed E-state index contributed by atoms with van der Waals surface area (Å²) in [6.07, 6.45) is 16.8. The van der Waals surface area contributed by atoms with Crippen molar-refractivity contribution in [2.45, 2.75) is 105 Å². The Labute approximate surface area is 221 Å². The van der Waals surface area contributed by atoms with Crippen molar-refractivity contribution in [1.29, 1.82) is 0 Å². The number of amides is 1. The van der Waals surface area contributed by atoms with Crippen LogP contribution in [0.1, 0.15) is 105 Å². The van der Waals surface area contributed by atoms with Gasteiger partial charge in [0.1, 0.15) is 0 Å². The van der Waals surface area contributed by atoms with Crippen LogP contribution in [0, 0.1) is 52.3 Å². The Bertz CT molecular complexity index is 777. The van der Waals surface area contributed by atoms with Gasteiger partial charge in [-0.2, -0.15) is 0 Å². The number of aliphatic hydroxyl groups is 1. The minimum Gasteiger partial charge on any atom is -0.394 e. The van der Waals surface area contributed by atoms with E-state index in [1.165, 1.54) is 51.4 Å². The van der Waals surface area contributed by atoms with Crippen LogP contribution < -0.4 is 5.32 Å². The lowest BCUT2D eigenvalue weighted by atomic mass is 9.46. The molecule has 3 saturated carbocycles. The molecule has 0 spiro atoms. The molecule has 0 aromatic heterocycles. The van der Waals surface area contributed by atoms with Gasteiger partial charge in [-0.05, 0) is 97.7 Å². The van der Waals surface area contributed by atoms with Crippen molar-refractivity contribution in [2.24, 2.45) is 52.3 Å². The smallest absolute Gasteiger partial charge is 0.223 e. The molecular formula is C32H55NO3. The zero-order valence-electron chi connectivity index (χ0n) is 24.0. The van der Waals surface area contributed by atoms with E-state index in [4.69, 9.17) is 9.84 Å². The third kappa shape index (κ3) is 5.60. The topological polar surface area (TPSA) is 58.6 Å². The molecule has 1 amide bonds. The van der Waals surface area contributed by atoms with Crippen LogP contribution >= 0.6 is 0 Å². The van der Waals surface area contributed by atoms with Gasteiger partial charge in [-0.1, -0.05) is 65.5 Å². The molecule has 4 rings (SSSR count). The number of hydrogen-bond acceptors (Lipinski definition) is 3. The highest BCUT2D eigenvalue weighted by Crippen LogP contribution is 2.67. The molecular weight excluding hydrogens is 446 g/mol. The number of hydrogen-bond donors (Lipinski definition) is 2. The summed E-state index contributed by atoms with van der Waals surface area (Å²) < 4.78 is 5.30. The first kappa shape index (κ1) is 28.1. The van der Waals surface area contributed by atoms with Crippen LogP contribution in [0.4, 0.5) is 0 Å². The van der Waals surface area contributed by atoms with Crippen molar-refractivity contribution in [3.05, 3.63) is 11.6 Å². The monoisotopic (exact) mass is 501 g/mol. The van der Waals surface area contributed by atoms with Crippen molar-refractivity contribution in [1.82, 2.24) is 5.32 Å². The molecule has 4 aliphatic carbocycles. The van der Waals surface area contributed by atoms with Gasteiger partial charge in [0.05, 0.1) is 19.8 Å². The van der Waals surface area contributed by atoms with E-state index in [-0.39, 0.29) is 18.4 Å². The van der Waals surface area contributed by atoms with Crippen LogP contribution in [0.25, 0.3) is 0 Å². The maximum Gasteiger partial charge on any atom is 0.223 e. The van der Waals surface area contributed by atoms with E-state index in [2.05, 4.69) is 46.0 Å². The number of fused-ring (bicyclic) bond motifs is 5. The highest BCUT2D eigenvalue weighted by Gasteiger charge is 2.59. The van der Waals surface area contributed by atoms with E-state index in [0.29, 0.717) is 30.6 Å². The van der Waals surface area contributed by atoms with E-state index >= 15 is 0 Å². The molecule has 0 radical (unpaired) electrons. The Balaban J connectivity index is 1.37. The average molecular weight is 502 g/mol. The van der Waals surface area contributed by atoms with Crippen LogP contribution in [-0.4, -0.2) is 37.4 Å². The first-order valence-corrected chi connectivity index (χ1v) is 15.4. The summed E-state index contributed by atoms with van der Waals surface area (Å²) in [7, 11) is 0. The first-order chi connectivity index (χ1) is 17.2. The SMILES string of the molecule is CC(C)CCC[C@H](C)[C@H]1CC[C@@H]2[C@H]3CC=C4C[C@H](C(=O)NCCOCCO)CC[C@@]4(C)[C@@H]3CC[C@]21C. The molecule has 3 fully saturated rings. The van der Waals surface area contributed by atoms with Gasteiger partial charge in [-0.3, -0.25) is 4.79 Å². The Hall–Kier alpha value is -0.870. The molecule has 36 heavy (non-hydrogen) atoms. The summed E-state index contributed by atoms with van der Waals surface area (Å²) in [4.78, 5) is 12.9. The first-order valence-electron chi connectivity index (χ1n) is 15.4. The Morgan fingerprint density at radius 1 is 1.08 bits per heavy atom. The number of aliphatic hydroxyl groups excluding tert-OH is 1. The Morgan fingerprint density at radius 2 is 1.89 bits per heavy atom. The molecule has 0 aromatic carbocycles. The Kier molecular flexibility index (Phi) is 9.30. The number of nitrogens with one attached hydrogen (secondary N) is 1. The normalized spacial score (nSPS) is 38.6. The van der Waals surface area contributed by atoms with Crippen LogP contribution in [0.2, 0.25) is 0 Å². The minimum absolute atomic E-state index is 0.0312. The second kappa shape index (κ2) is 11.9. The number of allylic oxidation sites excluding steroid dienone is 2. The molecule has 206 valence electrons. The number of carbonyl (C=O) groups excluding carboxylic acids is 1. The third-order valence-electron chi connectivity index (χ3n) is 11.5. The fourth-order valence-corrected chi connectivity index (χ4v) is 9.47. The van der Waals surface area contributed by atoms with Gasteiger partial charge in [-0.15, -0.1) is 0 Å². The fraction of sp³-hybridized carbons (Fsp3) is 0.906. The molecule has 0 saturated heterocycles. The van der Waals surface area contributed by atoms with Crippen LogP contribution in [0.15, 0.2) is 11.6 Å². The summed E-state index contributed by atoms with van der Waals surface area (Å²) in [5.41, 5.74) is 2.42. The quantitative estimate of drug-likeness (QED) is 0.243. The third-order valence-corrected chi connectivity index (χ3v) is 11.5. The van der Waals surface area contributed by atoms with Crippen molar-refractivity contribution >= 4 is 5.91 Å². The summed E-state index contributed by atoms with van der Waals surface area (Å²) in [6, 6.07) is 0. The highest BCUT2D eigenvalue weighted by molar-refractivity contribution is 5.79. The van der Waals surface area contributed by atoms with E-state index in [1.807, 2.05) is 0 Å². The summed E-state index contributed by atoms with van der Waals surface area (Å²) in [5.74, 6) is 5.45. The Morgan fingerprint density at radius 3 is 2.64 bits per heavy atom. The van der Waals surface area contributed by atoms with Crippen LogP contribution in [-0.2, 0) is 9.53 Å². The predicted molar refractivity (Wildman–Crippen MR) is 147 cm³/mol. The highest BCUT2D eigenvalue weighted by atomic mass is 16.5. The van der Waals surface area contributed by atoms with Crippen LogP contribution in [0.3, 0.4) is 0 Å². The maximum atomic E-state index is 12.9. The summed E-state index contributed by atoms with van der Waals surface area (Å²) >= 11 is 0. The van der Waals surface area contributed by atoms with Gasteiger partial charge in [0.25, 0.3) is 0 Å². The molecule has 2 N–H and O–H groups in total. The molecule has 0 heterocycles. The minimum atomic E-state index is 0.0312. The number of carbonyl (C=O) groups is 1. The van der Waals surface area contributed by atoms with Crippen LogP contribution in [0.5, 0.6) is 0 Å². The zero-order valence-corrected chi connectivity index (χ0v) is 24.0. The maximum absolute atomic E-state index is 12.9. The molecule has 4 heteroatoms. The van der Waals surface area contributed by atoms with Gasteiger partial charge < -0.3 is 15.2 Å². The van der Waals surface area contributed by atoms with E-state index in [0.717, 1.165) is 54.8 Å². The van der Waals surface area contributed by atoms with Gasteiger partial charge in [0.2, 0.25) is 5.91 Å². The molecule has 0 aliphatic heterocycles. The number of rotatable bonds is 11. The van der Waals surface area contributed by atoms with Crippen molar-refractivity contribution in [3.8, 4) is 0 Å². The predicted octanol–water partition coefficient (Wildman–Crippen LogP) is 6.77. The van der Waals surface area contributed by atoms with E-state index in [1.54, 1.807) is 5.57 Å². The molecule has 4 aliphatic rings. The van der Waals surface area contributed by atoms with Gasteiger partial charge >= 0.3 is 0 Å². The van der Waals surface area contributed by atoms with Crippen molar-refractivity contribution in [2.75, 3.05) is 26.4 Å². The number of ether oxygens (including phenoxy) is 1. The lowest BCUT2D eigenvalue weighted by Gasteiger charge is -2.58. The fourth-order valence-electron chi connectivity index (χ4n) is 9.47. The summed E-state index contributed by atoms with van der Waals surface area (Å²) in [6.45, 7) is 13.9. The average Bonchev–Trinajstić information content (AvgIpc) is 3.20. The molecule has 0 aromatic rings. The molecule has 0 unspecified atom stereocenters. The largest absolute Gasteiger partial charge is 0.394 e. The molecule has 8 atom stereocenters. The zero-order chi connectivity index (χ0) is 25.9. The molecule has 0 bridgehead atoms. The van der Waals surface area contributed by atoms with Crippen molar-refractivity contribution < 1.29 is 14.6 Å². The van der Waals surface area contributed by atoms with Gasteiger partial charge in [-0.25, -0.2) is 0 Å². The van der Waals surface area contributed by atoms with Gasteiger partial charge in [0.15, 0.2) is 0 Å². The standard InChI is InChI=1S/C32H55NO3/c1-22(2)7-6-8-23(3)27-11-12-28-26-10-9-25-21-24(30(35)33-17-19-36-20-18-34)13-15-31(25,4)29(26)14-16-32(27,28)5/h9,22-24,26-29,34H,6-8,10-21H2,1-5H3,(H,33,35)/t23-,24+,26+,27+,28+,29+,31+,32-/m0/s1. The summed E-state index contributed by atoms with van der Waals surface area (Å²) in [5, 5.41) is 11.9. The lowest BCUT2D eigenvalue weighted by Crippen LogP contribution is -2.51. The van der Waals surface area contributed by atoms with E-state index in [9.17, 15) is 4.79 Å².